The second kappa shape index (κ2) is 7.32. The van der Waals surface area contributed by atoms with Crippen molar-refractivity contribution in [3.8, 4) is 39.5 Å². The van der Waals surface area contributed by atoms with Crippen molar-refractivity contribution < 1.29 is 9.15 Å². The minimum Gasteiger partial charge on any atom is -0.489 e. The Hall–Kier alpha value is -3.26. The summed E-state index contributed by atoms with van der Waals surface area (Å²) in [7, 11) is 0. The Labute approximate surface area is 153 Å². The van der Waals surface area contributed by atoms with Gasteiger partial charge >= 0.3 is 0 Å². The Morgan fingerprint density at radius 1 is 0.615 bits per heavy atom. The molecule has 1 heterocycles. The monoisotopic (exact) mass is 340 g/mol. The molecule has 0 unspecified atom stereocenters. The number of hydrogen-bond acceptors (Lipinski definition) is 2. The molecule has 4 aromatic rings. The molecule has 128 valence electrons. The quantitative estimate of drug-likeness (QED) is 0.404. The molecule has 2 heteroatoms. The lowest BCUT2D eigenvalue weighted by molar-refractivity contribution is 0.339. The van der Waals surface area contributed by atoms with E-state index in [0.717, 1.165) is 39.5 Å². The van der Waals surface area contributed by atoms with Crippen molar-refractivity contribution >= 4 is 0 Å². The average Bonchev–Trinajstić information content (AvgIpc) is 3.10. The second-order valence-electron chi connectivity index (χ2n) is 6.00. The van der Waals surface area contributed by atoms with Crippen LogP contribution in [-0.2, 0) is 0 Å². The molecule has 0 amide bonds. The van der Waals surface area contributed by atoms with Crippen molar-refractivity contribution in [2.45, 2.75) is 6.92 Å². The summed E-state index contributed by atoms with van der Waals surface area (Å²) >= 11 is 0. The van der Waals surface area contributed by atoms with Crippen LogP contribution in [0.2, 0.25) is 0 Å². The van der Waals surface area contributed by atoms with Crippen molar-refractivity contribution in [2.75, 3.05) is 6.61 Å². The standard InChI is InChI=1S/C24H20O2/c1-2-25-24-21(18-12-6-3-7-13-18)22(19-14-8-4-9-15-19)26-23(24)20-16-10-5-11-17-20/h3-17H,2H2,1H3. The third-order valence-corrected chi connectivity index (χ3v) is 4.29. The predicted molar refractivity (Wildman–Crippen MR) is 106 cm³/mol. The number of ether oxygens (including phenoxy) is 1. The lowest BCUT2D eigenvalue weighted by Gasteiger charge is -2.08. The minimum atomic E-state index is 0.577. The Morgan fingerprint density at radius 3 is 1.58 bits per heavy atom. The maximum atomic E-state index is 6.40. The van der Waals surface area contributed by atoms with Gasteiger partial charge in [0, 0.05) is 11.1 Å². The van der Waals surface area contributed by atoms with Crippen molar-refractivity contribution in [3.05, 3.63) is 91.0 Å². The van der Waals surface area contributed by atoms with Crippen LogP contribution in [0.15, 0.2) is 95.4 Å². The molecule has 0 saturated heterocycles. The fourth-order valence-electron chi connectivity index (χ4n) is 3.14. The Morgan fingerprint density at radius 2 is 1.08 bits per heavy atom. The molecule has 0 aliphatic heterocycles. The summed E-state index contributed by atoms with van der Waals surface area (Å²) in [4.78, 5) is 0. The molecular weight excluding hydrogens is 320 g/mol. The van der Waals surface area contributed by atoms with Crippen LogP contribution in [0.5, 0.6) is 5.75 Å². The van der Waals surface area contributed by atoms with Gasteiger partial charge in [0.1, 0.15) is 5.76 Å². The lowest BCUT2D eigenvalue weighted by atomic mass is 10.00. The molecular formula is C24H20O2. The fourth-order valence-corrected chi connectivity index (χ4v) is 3.14. The Bertz CT molecular complexity index is 971. The maximum Gasteiger partial charge on any atom is 0.177 e. The van der Waals surface area contributed by atoms with Crippen LogP contribution in [0.3, 0.4) is 0 Å². The van der Waals surface area contributed by atoms with Gasteiger partial charge in [0.25, 0.3) is 0 Å². The van der Waals surface area contributed by atoms with Gasteiger partial charge in [-0.15, -0.1) is 0 Å². The van der Waals surface area contributed by atoms with Gasteiger partial charge in [-0.2, -0.15) is 0 Å². The summed E-state index contributed by atoms with van der Waals surface area (Å²) in [6.45, 7) is 2.58. The average molecular weight is 340 g/mol. The van der Waals surface area contributed by atoms with E-state index < -0.39 is 0 Å². The molecule has 0 aliphatic carbocycles. The first-order chi connectivity index (χ1) is 12.9. The first-order valence-corrected chi connectivity index (χ1v) is 8.84. The third kappa shape index (κ3) is 3.02. The largest absolute Gasteiger partial charge is 0.489 e. The number of furan rings is 1. The molecule has 0 fully saturated rings. The van der Waals surface area contributed by atoms with Crippen LogP contribution in [-0.4, -0.2) is 6.61 Å². The van der Waals surface area contributed by atoms with E-state index in [9.17, 15) is 0 Å². The van der Waals surface area contributed by atoms with Gasteiger partial charge in [-0.3, -0.25) is 0 Å². The van der Waals surface area contributed by atoms with Crippen molar-refractivity contribution in [1.29, 1.82) is 0 Å². The summed E-state index contributed by atoms with van der Waals surface area (Å²) in [6.07, 6.45) is 0. The highest BCUT2D eigenvalue weighted by Gasteiger charge is 2.24. The van der Waals surface area contributed by atoms with Crippen LogP contribution in [0, 0.1) is 0 Å². The van der Waals surface area contributed by atoms with Crippen molar-refractivity contribution in [3.63, 3.8) is 0 Å². The summed E-state index contributed by atoms with van der Waals surface area (Å²) in [6, 6.07) is 30.6. The lowest BCUT2D eigenvalue weighted by Crippen LogP contribution is -1.94. The molecule has 0 bridgehead atoms. The van der Waals surface area contributed by atoms with Crippen LogP contribution in [0.4, 0.5) is 0 Å². The summed E-state index contributed by atoms with van der Waals surface area (Å²) < 4.78 is 12.5. The SMILES string of the molecule is CCOc1c(-c2ccccc2)oc(-c2ccccc2)c1-c1ccccc1. The summed E-state index contributed by atoms with van der Waals surface area (Å²) in [5.74, 6) is 2.40. The van der Waals surface area contributed by atoms with Gasteiger partial charge in [0.2, 0.25) is 0 Å². The molecule has 2 nitrogen and oxygen atoms in total. The number of rotatable bonds is 5. The highest BCUT2D eigenvalue weighted by Crippen LogP contribution is 2.48. The number of benzene rings is 3. The van der Waals surface area contributed by atoms with Gasteiger partial charge in [-0.25, -0.2) is 0 Å². The van der Waals surface area contributed by atoms with E-state index in [-0.39, 0.29) is 0 Å². The molecule has 0 aliphatic rings. The van der Waals surface area contributed by atoms with Gasteiger partial charge in [0.15, 0.2) is 11.5 Å². The maximum absolute atomic E-state index is 6.40. The summed E-state index contributed by atoms with van der Waals surface area (Å²) in [5.41, 5.74) is 4.13. The molecule has 1 aromatic heterocycles. The first kappa shape index (κ1) is 16.2. The minimum absolute atomic E-state index is 0.577. The topological polar surface area (TPSA) is 22.4 Å². The van der Waals surface area contributed by atoms with Gasteiger partial charge in [-0.1, -0.05) is 91.0 Å². The molecule has 0 atom stereocenters. The summed E-state index contributed by atoms with van der Waals surface area (Å²) in [5, 5.41) is 0. The zero-order valence-electron chi connectivity index (χ0n) is 14.7. The van der Waals surface area contributed by atoms with Crippen molar-refractivity contribution in [1.82, 2.24) is 0 Å². The smallest absolute Gasteiger partial charge is 0.177 e. The van der Waals surface area contributed by atoms with E-state index in [1.165, 1.54) is 0 Å². The second-order valence-corrected chi connectivity index (χ2v) is 6.00. The van der Waals surface area contributed by atoms with Gasteiger partial charge in [-0.05, 0) is 12.5 Å². The van der Waals surface area contributed by atoms with E-state index in [4.69, 9.17) is 9.15 Å². The predicted octanol–water partition coefficient (Wildman–Crippen LogP) is 6.68. The van der Waals surface area contributed by atoms with Gasteiger partial charge < -0.3 is 9.15 Å². The molecule has 0 spiro atoms. The Balaban J connectivity index is 2.02. The van der Waals surface area contributed by atoms with Crippen LogP contribution in [0.1, 0.15) is 6.92 Å². The highest BCUT2D eigenvalue weighted by atomic mass is 16.5. The van der Waals surface area contributed by atoms with Crippen LogP contribution < -0.4 is 4.74 Å². The molecule has 0 radical (unpaired) electrons. The van der Waals surface area contributed by atoms with E-state index in [1.807, 2.05) is 73.7 Å². The van der Waals surface area contributed by atoms with E-state index in [0.29, 0.717) is 6.61 Å². The fraction of sp³-hybridized carbons (Fsp3) is 0.0833. The van der Waals surface area contributed by atoms with Crippen LogP contribution in [0.25, 0.3) is 33.8 Å². The first-order valence-electron chi connectivity index (χ1n) is 8.84. The number of hydrogen-bond donors (Lipinski definition) is 0. The normalized spacial score (nSPS) is 10.7. The van der Waals surface area contributed by atoms with E-state index in [1.54, 1.807) is 0 Å². The van der Waals surface area contributed by atoms with E-state index in [2.05, 4.69) is 24.3 Å². The van der Waals surface area contributed by atoms with E-state index >= 15 is 0 Å². The zero-order chi connectivity index (χ0) is 17.8. The highest BCUT2D eigenvalue weighted by molar-refractivity contribution is 5.90. The molecule has 0 saturated carbocycles. The molecule has 3 aromatic carbocycles. The Kier molecular flexibility index (Phi) is 4.57. The molecule has 26 heavy (non-hydrogen) atoms. The van der Waals surface area contributed by atoms with Crippen LogP contribution >= 0.6 is 0 Å². The van der Waals surface area contributed by atoms with Gasteiger partial charge in [0.05, 0.1) is 12.2 Å². The third-order valence-electron chi connectivity index (χ3n) is 4.29. The molecule has 0 N–H and O–H groups in total. The molecule has 4 rings (SSSR count). The zero-order valence-corrected chi connectivity index (χ0v) is 14.7. The van der Waals surface area contributed by atoms with Crippen molar-refractivity contribution in [2.24, 2.45) is 0 Å².